The van der Waals surface area contributed by atoms with Crippen molar-refractivity contribution in [2.45, 2.75) is 57.7 Å². The Morgan fingerprint density at radius 1 is 0.824 bits per heavy atom. The molecule has 0 unspecified atom stereocenters. The maximum absolute atomic E-state index is 8.92. The normalized spacial score (nSPS) is 31.6. The lowest BCUT2D eigenvalue weighted by Crippen LogP contribution is -2.26. The van der Waals surface area contributed by atoms with Gasteiger partial charge < -0.3 is 14.6 Å². The molecule has 0 amide bonds. The molecule has 2 fully saturated rings. The van der Waals surface area contributed by atoms with E-state index in [1.54, 1.807) is 0 Å². The first-order valence-corrected chi connectivity index (χ1v) is 7.22. The average molecular weight is 242 g/mol. The van der Waals surface area contributed by atoms with Gasteiger partial charge in [0.1, 0.15) is 0 Å². The van der Waals surface area contributed by atoms with Crippen LogP contribution in [-0.4, -0.2) is 31.2 Å². The molecule has 1 saturated heterocycles. The maximum atomic E-state index is 8.92. The van der Waals surface area contributed by atoms with Crippen molar-refractivity contribution in [2.75, 3.05) is 19.8 Å². The summed E-state index contributed by atoms with van der Waals surface area (Å²) in [6.07, 6.45) is 9.69. The maximum Gasteiger partial charge on any atom is 0.157 e. The Bertz CT molecular complexity index is 194. The zero-order valence-electron chi connectivity index (χ0n) is 10.8. The molecule has 100 valence electrons. The van der Waals surface area contributed by atoms with Crippen LogP contribution in [0.1, 0.15) is 51.4 Å². The standard InChI is InChI=1S/C14H26O3/c15-9-8-13-4-2-12(3-5-13)6-7-14-16-10-1-11-17-14/h12-15H,1-11H2. The lowest BCUT2D eigenvalue weighted by molar-refractivity contribution is -0.182. The third kappa shape index (κ3) is 4.57. The van der Waals surface area contributed by atoms with Gasteiger partial charge in [-0.1, -0.05) is 25.7 Å². The smallest absolute Gasteiger partial charge is 0.157 e. The van der Waals surface area contributed by atoms with Crippen LogP contribution in [0.2, 0.25) is 0 Å². The molecule has 3 nitrogen and oxygen atoms in total. The Morgan fingerprint density at radius 2 is 1.41 bits per heavy atom. The monoisotopic (exact) mass is 242 g/mol. The van der Waals surface area contributed by atoms with Gasteiger partial charge in [-0.2, -0.15) is 0 Å². The lowest BCUT2D eigenvalue weighted by Gasteiger charge is -2.30. The van der Waals surface area contributed by atoms with Crippen LogP contribution in [0.4, 0.5) is 0 Å². The summed E-state index contributed by atoms with van der Waals surface area (Å²) in [6, 6.07) is 0. The number of aliphatic hydroxyl groups is 1. The van der Waals surface area contributed by atoms with E-state index < -0.39 is 0 Å². The van der Waals surface area contributed by atoms with Crippen molar-refractivity contribution in [1.29, 1.82) is 0 Å². The zero-order valence-corrected chi connectivity index (χ0v) is 10.8. The van der Waals surface area contributed by atoms with Crippen molar-refractivity contribution in [3.05, 3.63) is 0 Å². The molecule has 0 atom stereocenters. The highest BCUT2D eigenvalue weighted by molar-refractivity contribution is 4.73. The molecule has 0 aromatic heterocycles. The van der Waals surface area contributed by atoms with E-state index in [1.807, 2.05) is 0 Å². The van der Waals surface area contributed by atoms with Gasteiger partial charge in [0, 0.05) is 6.61 Å². The van der Waals surface area contributed by atoms with Gasteiger partial charge in [-0.3, -0.25) is 0 Å². The van der Waals surface area contributed by atoms with Gasteiger partial charge in [0.2, 0.25) is 0 Å². The molecule has 3 heteroatoms. The molecule has 1 aliphatic carbocycles. The summed E-state index contributed by atoms with van der Waals surface area (Å²) in [6.45, 7) is 2.10. The van der Waals surface area contributed by atoms with Crippen molar-refractivity contribution in [3.8, 4) is 0 Å². The van der Waals surface area contributed by atoms with Crippen molar-refractivity contribution < 1.29 is 14.6 Å². The first-order valence-electron chi connectivity index (χ1n) is 7.22. The fraction of sp³-hybridized carbons (Fsp3) is 1.00. The molecular weight excluding hydrogens is 216 g/mol. The van der Waals surface area contributed by atoms with Gasteiger partial charge in [-0.15, -0.1) is 0 Å². The molecule has 0 aromatic carbocycles. The zero-order chi connectivity index (χ0) is 11.9. The van der Waals surface area contributed by atoms with Crippen molar-refractivity contribution >= 4 is 0 Å². The Morgan fingerprint density at radius 3 is 2.00 bits per heavy atom. The van der Waals surface area contributed by atoms with Crippen LogP contribution >= 0.6 is 0 Å². The van der Waals surface area contributed by atoms with Gasteiger partial charge in [-0.05, 0) is 37.5 Å². The highest BCUT2D eigenvalue weighted by Gasteiger charge is 2.22. The second-order valence-corrected chi connectivity index (χ2v) is 5.50. The SMILES string of the molecule is OCCC1CCC(CCC2OCCCO2)CC1. The van der Waals surface area contributed by atoms with Gasteiger partial charge in [-0.25, -0.2) is 0 Å². The Labute approximate surface area is 104 Å². The molecule has 1 N–H and O–H groups in total. The Hall–Kier alpha value is -0.120. The molecule has 2 aliphatic rings. The van der Waals surface area contributed by atoms with Crippen molar-refractivity contribution in [3.63, 3.8) is 0 Å². The summed E-state index contributed by atoms with van der Waals surface area (Å²) in [5.74, 6) is 1.64. The quantitative estimate of drug-likeness (QED) is 0.805. The molecule has 0 spiro atoms. The van der Waals surface area contributed by atoms with E-state index >= 15 is 0 Å². The second kappa shape index (κ2) is 7.34. The third-order valence-electron chi connectivity index (χ3n) is 4.21. The number of aliphatic hydroxyl groups excluding tert-OH is 1. The van der Waals surface area contributed by atoms with Crippen LogP contribution in [0.3, 0.4) is 0 Å². The summed E-state index contributed by atoms with van der Waals surface area (Å²) < 4.78 is 11.1. The first kappa shape index (κ1) is 13.3. The molecule has 0 bridgehead atoms. The topological polar surface area (TPSA) is 38.7 Å². The lowest BCUT2D eigenvalue weighted by atomic mass is 9.79. The highest BCUT2D eigenvalue weighted by Crippen LogP contribution is 2.33. The Kier molecular flexibility index (Phi) is 5.75. The summed E-state index contributed by atoms with van der Waals surface area (Å²) in [5.41, 5.74) is 0. The molecule has 1 heterocycles. The largest absolute Gasteiger partial charge is 0.396 e. The minimum absolute atomic E-state index is 0.0684. The second-order valence-electron chi connectivity index (χ2n) is 5.50. The number of hydrogen-bond acceptors (Lipinski definition) is 3. The summed E-state index contributed by atoms with van der Waals surface area (Å²) in [4.78, 5) is 0. The van der Waals surface area contributed by atoms with Crippen LogP contribution < -0.4 is 0 Å². The van der Waals surface area contributed by atoms with E-state index in [2.05, 4.69) is 0 Å². The van der Waals surface area contributed by atoms with E-state index in [-0.39, 0.29) is 6.29 Å². The van der Waals surface area contributed by atoms with Crippen molar-refractivity contribution in [2.24, 2.45) is 11.8 Å². The minimum atomic E-state index is 0.0684. The van der Waals surface area contributed by atoms with Crippen LogP contribution in [0, 0.1) is 11.8 Å². The van der Waals surface area contributed by atoms with Gasteiger partial charge in [0.15, 0.2) is 6.29 Å². The molecule has 1 saturated carbocycles. The molecule has 2 rings (SSSR count). The van der Waals surface area contributed by atoms with Crippen LogP contribution in [0.15, 0.2) is 0 Å². The predicted octanol–water partition coefficient (Wildman–Crippen LogP) is 2.72. The first-order chi connectivity index (χ1) is 8.38. The minimum Gasteiger partial charge on any atom is -0.396 e. The summed E-state index contributed by atoms with van der Waals surface area (Å²) in [7, 11) is 0. The molecule has 17 heavy (non-hydrogen) atoms. The van der Waals surface area contributed by atoms with Gasteiger partial charge in [0.05, 0.1) is 13.2 Å². The van der Waals surface area contributed by atoms with Crippen LogP contribution in [-0.2, 0) is 9.47 Å². The van der Waals surface area contributed by atoms with Crippen LogP contribution in [0.25, 0.3) is 0 Å². The van der Waals surface area contributed by atoms with E-state index in [0.29, 0.717) is 6.61 Å². The fourth-order valence-corrected chi connectivity index (χ4v) is 3.07. The third-order valence-corrected chi connectivity index (χ3v) is 4.21. The van der Waals surface area contributed by atoms with E-state index in [9.17, 15) is 0 Å². The highest BCUT2D eigenvalue weighted by atomic mass is 16.7. The average Bonchev–Trinajstić information content (AvgIpc) is 2.40. The van der Waals surface area contributed by atoms with Gasteiger partial charge >= 0.3 is 0 Å². The number of hydrogen-bond donors (Lipinski definition) is 1. The van der Waals surface area contributed by atoms with Crippen LogP contribution in [0.5, 0.6) is 0 Å². The van der Waals surface area contributed by atoms with Gasteiger partial charge in [0.25, 0.3) is 0 Å². The molecule has 1 aliphatic heterocycles. The molecular formula is C14H26O3. The van der Waals surface area contributed by atoms with Crippen molar-refractivity contribution in [1.82, 2.24) is 0 Å². The molecule has 0 radical (unpaired) electrons. The fourth-order valence-electron chi connectivity index (χ4n) is 3.07. The Balaban J connectivity index is 1.57. The summed E-state index contributed by atoms with van der Waals surface area (Å²) in [5, 5.41) is 8.92. The van der Waals surface area contributed by atoms with E-state index in [1.165, 1.54) is 32.1 Å². The number of rotatable bonds is 5. The predicted molar refractivity (Wildman–Crippen MR) is 66.7 cm³/mol. The number of ether oxygens (including phenoxy) is 2. The molecule has 0 aromatic rings. The summed E-state index contributed by atoms with van der Waals surface area (Å²) >= 11 is 0. The van der Waals surface area contributed by atoms with E-state index in [0.717, 1.165) is 44.3 Å². The van der Waals surface area contributed by atoms with E-state index in [4.69, 9.17) is 14.6 Å².